The Kier molecular flexibility index (Phi) is 5.83. The van der Waals surface area contributed by atoms with Gasteiger partial charge in [0.2, 0.25) is 5.91 Å². The number of hydrogen-bond donors (Lipinski definition) is 1. The zero-order valence-electron chi connectivity index (χ0n) is 16.9. The number of hydrogen-bond acceptors (Lipinski definition) is 5. The van der Waals surface area contributed by atoms with E-state index in [0.29, 0.717) is 11.2 Å². The molecule has 0 spiro atoms. The molecule has 0 saturated heterocycles. The predicted octanol–water partition coefficient (Wildman–Crippen LogP) is 4.46. The SMILES string of the molecule is CCC(C)n1c(SC(C)C(=O)NC2CC2)nc2sc3c(c2c1=O)CCCCC3. The standard InChI is InChI=1S/C21H29N3O2S2/c1-4-12(2)24-20(26)17-15-8-6-5-7-9-16(15)28-19(17)23-21(24)27-13(3)18(25)22-14-10-11-14/h12-14H,4-11H2,1-3H3,(H,22,25). The number of nitrogens with one attached hydrogen (secondary N) is 1. The number of aryl methyl sites for hydroxylation is 2. The van der Waals surface area contributed by atoms with Crippen LogP contribution in [0.4, 0.5) is 0 Å². The van der Waals surface area contributed by atoms with Crippen molar-refractivity contribution < 1.29 is 4.79 Å². The van der Waals surface area contributed by atoms with Crippen molar-refractivity contribution in [3.63, 3.8) is 0 Å². The van der Waals surface area contributed by atoms with Gasteiger partial charge in [-0.15, -0.1) is 11.3 Å². The summed E-state index contributed by atoms with van der Waals surface area (Å²) in [6.45, 7) is 6.06. The van der Waals surface area contributed by atoms with Crippen molar-refractivity contribution in [2.45, 2.75) is 94.6 Å². The largest absolute Gasteiger partial charge is 0.352 e. The number of carbonyl (C=O) groups is 1. The van der Waals surface area contributed by atoms with Crippen molar-refractivity contribution in [3.05, 3.63) is 20.8 Å². The minimum atomic E-state index is -0.266. The molecule has 2 heterocycles. The molecule has 1 N–H and O–H groups in total. The van der Waals surface area contributed by atoms with Gasteiger partial charge in [-0.05, 0) is 64.4 Å². The molecule has 0 bridgehead atoms. The van der Waals surface area contributed by atoms with Gasteiger partial charge < -0.3 is 5.32 Å². The lowest BCUT2D eigenvalue weighted by atomic mass is 10.1. The van der Waals surface area contributed by atoms with Crippen LogP contribution < -0.4 is 10.9 Å². The van der Waals surface area contributed by atoms with E-state index in [1.54, 1.807) is 11.3 Å². The Labute approximate surface area is 174 Å². The molecule has 4 rings (SSSR count). The van der Waals surface area contributed by atoms with Gasteiger partial charge in [0.15, 0.2) is 5.16 Å². The minimum Gasteiger partial charge on any atom is -0.352 e. The number of thioether (sulfide) groups is 1. The smallest absolute Gasteiger partial charge is 0.263 e. The molecule has 7 heteroatoms. The van der Waals surface area contributed by atoms with Gasteiger partial charge in [-0.1, -0.05) is 25.1 Å². The van der Waals surface area contributed by atoms with Crippen LogP contribution in [0, 0.1) is 0 Å². The highest BCUT2D eigenvalue weighted by atomic mass is 32.2. The second-order valence-corrected chi connectivity index (χ2v) is 10.5. The zero-order valence-corrected chi connectivity index (χ0v) is 18.5. The Morgan fingerprint density at radius 3 is 2.75 bits per heavy atom. The molecule has 0 aromatic carbocycles. The molecule has 0 radical (unpaired) electrons. The quantitative estimate of drug-likeness (QED) is 0.427. The topological polar surface area (TPSA) is 64.0 Å². The lowest BCUT2D eigenvalue weighted by Gasteiger charge is -2.19. The molecule has 5 nitrogen and oxygen atoms in total. The molecule has 1 saturated carbocycles. The highest BCUT2D eigenvalue weighted by Gasteiger charge is 2.28. The van der Waals surface area contributed by atoms with Gasteiger partial charge in [-0.3, -0.25) is 14.2 Å². The van der Waals surface area contributed by atoms with Crippen LogP contribution in [0.15, 0.2) is 9.95 Å². The molecule has 2 aliphatic rings. The number of aromatic nitrogens is 2. The normalized spacial score (nSPS) is 19.1. The Morgan fingerprint density at radius 2 is 2.04 bits per heavy atom. The first-order chi connectivity index (χ1) is 13.5. The minimum absolute atomic E-state index is 0.0412. The van der Waals surface area contributed by atoms with Crippen LogP contribution in [0.3, 0.4) is 0 Å². The molecular weight excluding hydrogens is 390 g/mol. The lowest BCUT2D eigenvalue weighted by molar-refractivity contribution is -0.120. The average Bonchev–Trinajstić information content (AvgIpc) is 3.45. The number of fused-ring (bicyclic) bond motifs is 3. The summed E-state index contributed by atoms with van der Waals surface area (Å²) in [6.07, 6.45) is 8.63. The van der Waals surface area contributed by atoms with Crippen LogP contribution >= 0.6 is 23.1 Å². The van der Waals surface area contributed by atoms with Crippen molar-refractivity contribution in [3.8, 4) is 0 Å². The van der Waals surface area contributed by atoms with Gasteiger partial charge in [0, 0.05) is 17.0 Å². The van der Waals surface area contributed by atoms with E-state index in [9.17, 15) is 9.59 Å². The number of thiophene rings is 1. The van der Waals surface area contributed by atoms with E-state index in [2.05, 4.69) is 19.2 Å². The lowest BCUT2D eigenvalue weighted by Crippen LogP contribution is -2.33. The maximum absolute atomic E-state index is 13.5. The zero-order chi connectivity index (χ0) is 19.8. The highest BCUT2D eigenvalue weighted by molar-refractivity contribution is 8.00. The van der Waals surface area contributed by atoms with Gasteiger partial charge in [0.05, 0.1) is 10.6 Å². The Morgan fingerprint density at radius 1 is 1.29 bits per heavy atom. The summed E-state index contributed by atoms with van der Waals surface area (Å²) in [6, 6.07) is 0.405. The summed E-state index contributed by atoms with van der Waals surface area (Å²) >= 11 is 3.10. The van der Waals surface area contributed by atoms with Crippen LogP contribution in [-0.4, -0.2) is 26.8 Å². The maximum atomic E-state index is 13.5. The van der Waals surface area contributed by atoms with Crippen molar-refractivity contribution in [1.82, 2.24) is 14.9 Å². The summed E-state index contributed by atoms with van der Waals surface area (Å²) in [4.78, 5) is 33.1. The fourth-order valence-electron chi connectivity index (χ4n) is 3.79. The molecule has 2 aliphatic carbocycles. The van der Waals surface area contributed by atoms with Gasteiger partial charge >= 0.3 is 0 Å². The monoisotopic (exact) mass is 419 g/mol. The molecule has 2 aromatic heterocycles. The first-order valence-electron chi connectivity index (χ1n) is 10.5. The Balaban J connectivity index is 1.76. The van der Waals surface area contributed by atoms with E-state index >= 15 is 0 Å². The average molecular weight is 420 g/mol. The molecule has 2 atom stereocenters. The van der Waals surface area contributed by atoms with Crippen molar-refractivity contribution in [2.75, 3.05) is 0 Å². The third kappa shape index (κ3) is 3.88. The van der Waals surface area contributed by atoms with E-state index in [4.69, 9.17) is 4.98 Å². The third-order valence-electron chi connectivity index (χ3n) is 5.85. The summed E-state index contributed by atoms with van der Waals surface area (Å²) in [5.74, 6) is 0.0412. The highest BCUT2D eigenvalue weighted by Crippen LogP contribution is 2.35. The molecule has 2 aromatic rings. The Bertz CT molecular complexity index is 945. The fraction of sp³-hybridized carbons (Fsp3) is 0.667. The van der Waals surface area contributed by atoms with Crippen molar-refractivity contribution in [2.24, 2.45) is 0 Å². The molecule has 0 aliphatic heterocycles. The van der Waals surface area contributed by atoms with Gasteiger partial charge in [-0.2, -0.15) is 0 Å². The molecule has 2 unspecified atom stereocenters. The van der Waals surface area contributed by atoms with E-state index < -0.39 is 0 Å². The van der Waals surface area contributed by atoms with Crippen LogP contribution in [0.5, 0.6) is 0 Å². The van der Waals surface area contributed by atoms with E-state index in [-0.39, 0.29) is 22.8 Å². The van der Waals surface area contributed by atoms with Crippen molar-refractivity contribution in [1.29, 1.82) is 0 Å². The van der Waals surface area contributed by atoms with Gasteiger partial charge in [-0.25, -0.2) is 4.98 Å². The van der Waals surface area contributed by atoms with Crippen molar-refractivity contribution >= 4 is 39.2 Å². The van der Waals surface area contributed by atoms with E-state index in [1.807, 2.05) is 11.5 Å². The summed E-state index contributed by atoms with van der Waals surface area (Å²) in [7, 11) is 0. The predicted molar refractivity (Wildman–Crippen MR) is 117 cm³/mol. The number of carbonyl (C=O) groups excluding carboxylic acids is 1. The van der Waals surface area contributed by atoms with E-state index in [0.717, 1.165) is 48.7 Å². The van der Waals surface area contributed by atoms with Crippen LogP contribution in [0.25, 0.3) is 10.2 Å². The number of amides is 1. The second kappa shape index (κ2) is 8.19. The molecule has 1 amide bonds. The molecule has 1 fully saturated rings. The molecule has 28 heavy (non-hydrogen) atoms. The fourth-order valence-corrected chi connectivity index (χ4v) is 6.11. The van der Waals surface area contributed by atoms with E-state index in [1.165, 1.54) is 35.0 Å². The van der Waals surface area contributed by atoms with Gasteiger partial charge in [0.1, 0.15) is 4.83 Å². The molecular formula is C21H29N3O2S2. The van der Waals surface area contributed by atoms with Gasteiger partial charge in [0.25, 0.3) is 5.56 Å². The summed E-state index contributed by atoms with van der Waals surface area (Å²) in [5.41, 5.74) is 1.32. The van der Waals surface area contributed by atoms with Crippen LogP contribution in [0.2, 0.25) is 0 Å². The number of rotatable bonds is 6. The second-order valence-electron chi connectivity index (χ2n) is 8.11. The van der Waals surface area contributed by atoms with Crippen LogP contribution in [0.1, 0.15) is 75.8 Å². The Hall–Kier alpha value is -1.34. The third-order valence-corrected chi connectivity index (χ3v) is 8.10. The van der Waals surface area contributed by atoms with Crippen LogP contribution in [-0.2, 0) is 17.6 Å². The summed E-state index contributed by atoms with van der Waals surface area (Å²) in [5, 5.41) is 4.31. The maximum Gasteiger partial charge on any atom is 0.263 e. The first-order valence-corrected chi connectivity index (χ1v) is 12.2. The molecule has 152 valence electrons. The summed E-state index contributed by atoms with van der Waals surface area (Å²) < 4.78 is 1.84. The first kappa shape index (κ1) is 20.0. The number of nitrogens with zero attached hydrogens (tertiary/aromatic N) is 2.